The molecule has 1 aromatic carbocycles. The Kier molecular flexibility index (Phi) is 4.44. The number of rotatable bonds is 3. The van der Waals surface area contributed by atoms with Crippen molar-refractivity contribution in [2.45, 2.75) is 26.7 Å². The smallest absolute Gasteiger partial charge is 0.121 e. The van der Waals surface area contributed by atoms with E-state index in [1.165, 1.54) is 16.6 Å². The number of anilines is 1. The van der Waals surface area contributed by atoms with Gasteiger partial charge in [0, 0.05) is 43.3 Å². The molecular weight excluding hydrogens is 286 g/mol. The Hall–Kier alpha value is -1.81. The minimum Gasteiger partial charge on any atom is -0.497 e. The van der Waals surface area contributed by atoms with Crippen LogP contribution in [-0.2, 0) is 0 Å². The maximum atomic E-state index is 5.58. The maximum absolute atomic E-state index is 5.58. The monoisotopic (exact) mass is 313 g/mol. The lowest BCUT2D eigenvalue weighted by Crippen LogP contribution is -2.44. The summed E-state index contributed by atoms with van der Waals surface area (Å²) in [7, 11) is 3.92. The Bertz CT molecular complexity index is 703. The Morgan fingerprint density at radius 2 is 1.78 bits per heavy atom. The van der Waals surface area contributed by atoms with Crippen LogP contribution < -0.4 is 9.64 Å². The third kappa shape index (κ3) is 3.13. The molecule has 1 aliphatic rings. The average Bonchev–Trinajstić information content (AvgIpc) is 2.54. The molecular formula is C19H27N3O. The van der Waals surface area contributed by atoms with Crippen LogP contribution in [0.1, 0.15) is 31.0 Å². The van der Waals surface area contributed by atoms with E-state index < -0.39 is 0 Å². The summed E-state index contributed by atoms with van der Waals surface area (Å²) in [6.45, 7) is 10.8. The summed E-state index contributed by atoms with van der Waals surface area (Å²) < 4.78 is 5.58. The molecule has 0 unspecified atom stereocenters. The Morgan fingerprint density at radius 1 is 1.09 bits per heavy atom. The number of fused-ring (bicyclic) bond motifs is 1. The van der Waals surface area contributed by atoms with Gasteiger partial charge in [0.25, 0.3) is 0 Å². The molecule has 1 fully saturated rings. The first kappa shape index (κ1) is 16.1. The summed E-state index contributed by atoms with van der Waals surface area (Å²) in [5.41, 5.74) is 4.75. The van der Waals surface area contributed by atoms with Crippen LogP contribution in [0.5, 0.6) is 5.75 Å². The highest BCUT2D eigenvalue weighted by Gasteiger charge is 2.20. The Balaban J connectivity index is 2.19. The first-order valence-electron chi connectivity index (χ1n) is 8.42. The molecule has 0 saturated carbocycles. The van der Waals surface area contributed by atoms with E-state index in [4.69, 9.17) is 9.72 Å². The molecule has 0 N–H and O–H groups in total. The standard InChI is InChI=1S/C19H27N3O/c1-13(2)16-10-14(3)20-19-17(16)11-15(23-5)12-18(19)22-8-6-21(4)7-9-22/h10-13H,6-9H2,1-5H3. The zero-order valence-corrected chi connectivity index (χ0v) is 14.9. The van der Waals surface area contributed by atoms with Gasteiger partial charge in [0.2, 0.25) is 0 Å². The predicted octanol–water partition coefficient (Wildman–Crippen LogP) is 3.43. The molecule has 2 heterocycles. The molecule has 4 nitrogen and oxygen atoms in total. The van der Waals surface area contributed by atoms with Gasteiger partial charge in [0.05, 0.1) is 18.3 Å². The highest BCUT2D eigenvalue weighted by Crippen LogP contribution is 2.35. The number of pyridine rings is 1. The van der Waals surface area contributed by atoms with E-state index in [0.29, 0.717) is 5.92 Å². The largest absolute Gasteiger partial charge is 0.497 e. The van der Waals surface area contributed by atoms with Crippen LogP contribution in [0.25, 0.3) is 10.9 Å². The summed E-state index contributed by atoms with van der Waals surface area (Å²) >= 11 is 0. The molecule has 2 aromatic rings. The molecule has 0 amide bonds. The predicted molar refractivity (Wildman–Crippen MR) is 96.8 cm³/mol. The van der Waals surface area contributed by atoms with E-state index in [1.54, 1.807) is 7.11 Å². The van der Waals surface area contributed by atoms with Gasteiger partial charge >= 0.3 is 0 Å². The van der Waals surface area contributed by atoms with Crippen LogP contribution in [-0.4, -0.2) is 50.2 Å². The fourth-order valence-electron chi connectivity index (χ4n) is 3.33. The molecule has 1 aliphatic heterocycles. The molecule has 0 bridgehead atoms. The SMILES string of the molecule is COc1cc(N2CCN(C)CC2)c2nc(C)cc(C(C)C)c2c1. The first-order valence-corrected chi connectivity index (χ1v) is 8.42. The zero-order chi connectivity index (χ0) is 16.6. The lowest BCUT2D eigenvalue weighted by Gasteiger charge is -2.34. The summed E-state index contributed by atoms with van der Waals surface area (Å²) in [5.74, 6) is 1.38. The summed E-state index contributed by atoms with van der Waals surface area (Å²) in [6, 6.07) is 6.49. The molecule has 1 saturated heterocycles. The fraction of sp³-hybridized carbons (Fsp3) is 0.526. The average molecular weight is 313 g/mol. The molecule has 4 heteroatoms. The van der Waals surface area contributed by atoms with Crippen molar-refractivity contribution in [1.82, 2.24) is 9.88 Å². The summed E-state index contributed by atoms with van der Waals surface area (Å²) in [4.78, 5) is 9.70. The van der Waals surface area contributed by atoms with Crippen molar-refractivity contribution in [3.8, 4) is 5.75 Å². The van der Waals surface area contributed by atoms with Gasteiger partial charge in [-0.3, -0.25) is 4.98 Å². The van der Waals surface area contributed by atoms with Crippen molar-refractivity contribution in [2.24, 2.45) is 0 Å². The highest BCUT2D eigenvalue weighted by atomic mass is 16.5. The minimum atomic E-state index is 0.464. The van der Waals surface area contributed by atoms with Gasteiger partial charge < -0.3 is 14.5 Å². The second kappa shape index (κ2) is 6.36. The molecule has 1 aromatic heterocycles. The number of aromatic nitrogens is 1. The number of benzene rings is 1. The van der Waals surface area contributed by atoms with Crippen LogP contribution in [0, 0.1) is 6.92 Å². The van der Waals surface area contributed by atoms with Crippen molar-refractivity contribution in [3.05, 3.63) is 29.5 Å². The highest BCUT2D eigenvalue weighted by molar-refractivity contribution is 5.95. The van der Waals surface area contributed by atoms with Crippen molar-refractivity contribution in [3.63, 3.8) is 0 Å². The van der Waals surface area contributed by atoms with Gasteiger partial charge in [0.15, 0.2) is 0 Å². The third-order valence-electron chi connectivity index (χ3n) is 4.73. The number of aryl methyl sites for hydroxylation is 1. The number of likely N-dealkylation sites (N-methyl/N-ethyl adjacent to an activating group) is 1. The number of ether oxygens (including phenoxy) is 1. The summed E-state index contributed by atoms with van der Waals surface area (Å²) in [6.07, 6.45) is 0. The van der Waals surface area contributed by atoms with Crippen LogP contribution in [0.15, 0.2) is 18.2 Å². The zero-order valence-electron chi connectivity index (χ0n) is 14.9. The van der Waals surface area contributed by atoms with Crippen molar-refractivity contribution in [2.75, 3.05) is 45.2 Å². The third-order valence-corrected chi connectivity index (χ3v) is 4.73. The number of piperazine rings is 1. The van der Waals surface area contributed by atoms with Crippen LogP contribution in [0.2, 0.25) is 0 Å². The van der Waals surface area contributed by atoms with E-state index in [0.717, 1.165) is 43.1 Å². The summed E-state index contributed by atoms with van der Waals surface area (Å²) in [5, 5.41) is 1.22. The van der Waals surface area contributed by atoms with Gasteiger partial charge in [-0.05, 0) is 37.6 Å². The molecule has 0 radical (unpaired) electrons. The van der Waals surface area contributed by atoms with E-state index in [9.17, 15) is 0 Å². The van der Waals surface area contributed by atoms with E-state index >= 15 is 0 Å². The van der Waals surface area contributed by atoms with Crippen LogP contribution >= 0.6 is 0 Å². The normalized spacial score (nSPS) is 16.3. The molecule has 0 aliphatic carbocycles. The van der Waals surface area contributed by atoms with Crippen molar-refractivity contribution < 1.29 is 4.74 Å². The van der Waals surface area contributed by atoms with Crippen LogP contribution in [0.3, 0.4) is 0 Å². The van der Waals surface area contributed by atoms with Crippen LogP contribution in [0.4, 0.5) is 5.69 Å². The topological polar surface area (TPSA) is 28.6 Å². The van der Waals surface area contributed by atoms with E-state index in [2.05, 4.69) is 55.8 Å². The molecule has 0 atom stereocenters. The molecule has 124 valence electrons. The Morgan fingerprint density at radius 3 is 2.39 bits per heavy atom. The molecule has 0 spiro atoms. The van der Waals surface area contributed by atoms with Gasteiger partial charge in [-0.2, -0.15) is 0 Å². The van der Waals surface area contributed by atoms with Crippen molar-refractivity contribution >= 4 is 16.6 Å². The number of nitrogens with zero attached hydrogens (tertiary/aromatic N) is 3. The van der Waals surface area contributed by atoms with Gasteiger partial charge in [0.1, 0.15) is 5.75 Å². The number of hydrogen-bond donors (Lipinski definition) is 0. The number of methoxy groups -OCH3 is 1. The van der Waals surface area contributed by atoms with Gasteiger partial charge in [-0.15, -0.1) is 0 Å². The fourth-order valence-corrected chi connectivity index (χ4v) is 3.33. The van der Waals surface area contributed by atoms with Gasteiger partial charge in [-0.25, -0.2) is 0 Å². The quantitative estimate of drug-likeness (QED) is 0.868. The maximum Gasteiger partial charge on any atom is 0.121 e. The van der Waals surface area contributed by atoms with E-state index in [-0.39, 0.29) is 0 Å². The second-order valence-electron chi connectivity index (χ2n) is 6.84. The second-order valence-corrected chi connectivity index (χ2v) is 6.84. The Labute approximate surface area is 139 Å². The van der Waals surface area contributed by atoms with Crippen molar-refractivity contribution in [1.29, 1.82) is 0 Å². The molecule has 23 heavy (non-hydrogen) atoms. The lowest BCUT2D eigenvalue weighted by molar-refractivity contribution is 0.313. The molecule has 3 rings (SSSR count). The first-order chi connectivity index (χ1) is 11.0. The van der Waals surface area contributed by atoms with Gasteiger partial charge in [-0.1, -0.05) is 13.8 Å². The van der Waals surface area contributed by atoms with E-state index in [1.807, 2.05) is 0 Å². The number of hydrogen-bond acceptors (Lipinski definition) is 4. The minimum absolute atomic E-state index is 0.464. The lowest BCUT2D eigenvalue weighted by atomic mass is 9.96.